The van der Waals surface area contributed by atoms with Crippen molar-refractivity contribution in [3.63, 3.8) is 0 Å². The number of nitrogens with one attached hydrogen (secondary N) is 1. The molecule has 1 amide bonds. The van der Waals surface area contributed by atoms with Crippen molar-refractivity contribution >= 4 is 59.2 Å². The van der Waals surface area contributed by atoms with Gasteiger partial charge >= 0.3 is 47.6 Å². The van der Waals surface area contributed by atoms with Crippen LogP contribution in [0.2, 0.25) is 5.02 Å². The van der Waals surface area contributed by atoms with Crippen molar-refractivity contribution in [2.45, 2.75) is 12.8 Å². The average molecular weight is 446 g/mol. The van der Waals surface area contributed by atoms with Crippen LogP contribution in [0.1, 0.15) is 23.2 Å². The molecule has 0 bridgehead atoms. The van der Waals surface area contributed by atoms with Crippen LogP contribution in [-0.2, 0) is 14.3 Å². The SMILES string of the molecule is COc1ccc(C(=O)OCOC(=O)NCCCC(=O)Oc2ccc(Cl)cc2)cc1.[NaH]. The van der Waals surface area contributed by atoms with E-state index in [2.05, 4.69) is 5.32 Å². The second-order valence-electron chi connectivity index (χ2n) is 5.67. The number of ether oxygens (including phenoxy) is 4. The molecule has 0 heterocycles. The maximum atomic E-state index is 11.8. The Labute approximate surface area is 201 Å². The van der Waals surface area contributed by atoms with E-state index in [1.807, 2.05) is 0 Å². The van der Waals surface area contributed by atoms with Crippen LogP contribution >= 0.6 is 11.6 Å². The minimum absolute atomic E-state index is 0. The normalized spacial score (nSPS) is 9.67. The summed E-state index contributed by atoms with van der Waals surface area (Å²) in [7, 11) is 1.52. The molecular formula is C20H21ClNNaO7. The van der Waals surface area contributed by atoms with Gasteiger partial charge in [0.1, 0.15) is 11.5 Å². The molecule has 30 heavy (non-hydrogen) atoms. The number of hydrogen-bond donors (Lipinski definition) is 1. The van der Waals surface area contributed by atoms with Gasteiger partial charge < -0.3 is 24.3 Å². The predicted octanol–water partition coefficient (Wildman–Crippen LogP) is 2.93. The number of rotatable bonds is 9. The number of benzene rings is 2. The van der Waals surface area contributed by atoms with E-state index >= 15 is 0 Å². The second-order valence-corrected chi connectivity index (χ2v) is 6.10. The van der Waals surface area contributed by atoms with Crippen LogP contribution in [0.4, 0.5) is 4.79 Å². The van der Waals surface area contributed by atoms with Crippen LogP contribution in [0, 0.1) is 0 Å². The van der Waals surface area contributed by atoms with Gasteiger partial charge in [0.15, 0.2) is 0 Å². The summed E-state index contributed by atoms with van der Waals surface area (Å²) in [6.45, 7) is -0.337. The van der Waals surface area contributed by atoms with Crippen LogP contribution in [0.5, 0.6) is 11.5 Å². The molecular weight excluding hydrogens is 425 g/mol. The molecule has 0 aliphatic heterocycles. The first-order valence-corrected chi connectivity index (χ1v) is 9.04. The Balaban J connectivity index is 0.00000450. The first kappa shape index (κ1) is 25.8. The molecule has 0 saturated carbocycles. The van der Waals surface area contributed by atoms with Gasteiger partial charge in [-0.2, -0.15) is 0 Å². The quantitative estimate of drug-likeness (QED) is 0.208. The first-order chi connectivity index (χ1) is 14.0. The monoisotopic (exact) mass is 445 g/mol. The number of hydrogen-bond acceptors (Lipinski definition) is 7. The van der Waals surface area contributed by atoms with Crippen molar-refractivity contribution < 1.29 is 33.3 Å². The molecule has 0 aliphatic rings. The molecule has 2 aromatic rings. The molecule has 0 aromatic heterocycles. The Bertz CT molecular complexity index is 828. The molecule has 8 nitrogen and oxygen atoms in total. The van der Waals surface area contributed by atoms with Crippen molar-refractivity contribution in [2.75, 3.05) is 20.4 Å². The van der Waals surface area contributed by atoms with E-state index in [0.29, 0.717) is 28.5 Å². The minimum atomic E-state index is -0.765. The van der Waals surface area contributed by atoms with E-state index in [0.717, 1.165) is 0 Å². The van der Waals surface area contributed by atoms with Crippen molar-refractivity contribution in [1.29, 1.82) is 0 Å². The average Bonchev–Trinajstić information content (AvgIpc) is 2.73. The van der Waals surface area contributed by atoms with E-state index in [-0.39, 0.29) is 42.5 Å². The van der Waals surface area contributed by atoms with Crippen LogP contribution in [0.3, 0.4) is 0 Å². The Morgan fingerprint density at radius 2 is 1.57 bits per heavy atom. The summed E-state index contributed by atoms with van der Waals surface area (Å²) in [5.41, 5.74) is 0.300. The van der Waals surface area contributed by atoms with Gasteiger partial charge in [-0.25, -0.2) is 9.59 Å². The Hall–Kier alpha value is -2.26. The van der Waals surface area contributed by atoms with Gasteiger partial charge in [0.05, 0.1) is 12.7 Å². The molecule has 0 saturated heterocycles. The molecule has 156 valence electrons. The third kappa shape index (κ3) is 9.49. The molecule has 0 radical (unpaired) electrons. The zero-order valence-electron chi connectivity index (χ0n) is 15.7. The molecule has 0 spiro atoms. The third-order valence-electron chi connectivity index (χ3n) is 3.58. The van der Waals surface area contributed by atoms with Crippen molar-refractivity contribution in [1.82, 2.24) is 5.32 Å². The van der Waals surface area contributed by atoms with Crippen LogP contribution in [0.15, 0.2) is 48.5 Å². The summed E-state index contributed by atoms with van der Waals surface area (Å²) >= 11 is 5.75. The van der Waals surface area contributed by atoms with E-state index in [4.69, 9.17) is 30.5 Å². The summed E-state index contributed by atoms with van der Waals surface area (Å²) in [6, 6.07) is 12.7. The van der Waals surface area contributed by atoms with Gasteiger partial charge in [0.25, 0.3) is 0 Å². The maximum absolute atomic E-state index is 11.8. The fourth-order valence-electron chi connectivity index (χ4n) is 2.11. The third-order valence-corrected chi connectivity index (χ3v) is 3.83. The number of carbonyl (C=O) groups excluding carboxylic acids is 3. The Morgan fingerprint density at radius 3 is 2.20 bits per heavy atom. The summed E-state index contributed by atoms with van der Waals surface area (Å²) < 4.78 is 19.7. The van der Waals surface area contributed by atoms with Crippen LogP contribution in [0.25, 0.3) is 0 Å². The molecule has 2 aromatic carbocycles. The molecule has 2 rings (SSSR count). The Morgan fingerprint density at radius 1 is 0.933 bits per heavy atom. The summed E-state index contributed by atoms with van der Waals surface area (Å²) in [4.78, 5) is 35.0. The van der Waals surface area contributed by atoms with Crippen LogP contribution < -0.4 is 14.8 Å². The fourth-order valence-corrected chi connectivity index (χ4v) is 2.23. The number of carbonyl (C=O) groups is 3. The van der Waals surface area contributed by atoms with E-state index in [1.54, 1.807) is 36.4 Å². The Kier molecular flexibility index (Phi) is 11.9. The van der Waals surface area contributed by atoms with Gasteiger partial charge in [0, 0.05) is 18.0 Å². The number of amides is 1. The summed E-state index contributed by atoms with van der Waals surface area (Å²) in [5.74, 6) is -0.0685. The van der Waals surface area contributed by atoms with E-state index in [9.17, 15) is 14.4 Å². The first-order valence-electron chi connectivity index (χ1n) is 8.66. The van der Waals surface area contributed by atoms with Crippen molar-refractivity contribution in [3.05, 3.63) is 59.1 Å². The number of methoxy groups -OCH3 is 1. The van der Waals surface area contributed by atoms with Gasteiger partial charge in [-0.3, -0.25) is 4.79 Å². The van der Waals surface area contributed by atoms with Gasteiger partial charge in [-0.1, -0.05) is 11.6 Å². The number of esters is 2. The summed E-state index contributed by atoms with van der Waals surface area (Å²) in [6.07, 6.45) is -0.304. The molecule has 10 heteroatoms. The molecule has 0 fully saturated rings. The fraction of sp³-hybridized carbons (Fsp3) is 0.250. The zero-order chi connectivity index (χ0) is 21.1. The molecule has 1 N–H and O–H groups in total. The van der Waals surface area contributed by atoms with Gasteiger partial charge in [-0.15, -0.1) is 0 Å². The second kappa shape index (κ2) is 13.9. The van der Waals surface area contributed by atoms with Crippen LogP contribution in [-0.4, -0.2) is 68.0 Å². The van der Waals surface area contributed by atoms with Gasteiger partial charge in [0.2, 0.25) is 6.79 Å². The number of alkyl carbamates (subject to hydrolysis) is 1. The topological polar surface area (TPSA) is 100 Å². The molecule has 0 aliphatic carbocycles. The van der Waals surface area contributed by atoms with Gasteiger partial charge in [-0.05, 0) is 55.0 Å². The molecule has 0 unspecified atom stereocenters. The van der Waals surface area contributed by atoms with Crippen molar-refractivity contribution in [3.8, 4) is 11.5 Å². The predicted molar refractivity (Wildman–Crippen MR) is 111 cm³/mol. The summed E-state index contributed by atoms with van der Waals surface area (Å²) in [5, 5.41) is 2.99. The van der Waals surface area contributed by atoms with Crippen molar-refractivity contribution in [2.24, 2.45) is 0 Å². The standard InChI is InChI=1S/C20H20ClNO7.Na.H/c1-26-16-8-4-14(5-9-16)19(24)27-13-28-20(25)22-12-2-3-18(23)29-17-10-6-15(21)7-11-17;;/h4-11H,2-3,12-13H2,1H3,(H,22,25);;. The van der Waals surface area contributed by atoms with E-state index < -0.39 is 24.8 Å². The van der Waals surface area contributed by atoms with E-state index in [1.165, 1.54) is 19.2 Å². The molecule has 0 atom stereocenters. The zero-order valence-corrected chi connectivity index (χ0v) is 16.4. The number of halogens is 1.